The minimum atomic E-state index is -0.369. The maximum Gasteiger partial charge on any atom is 0.137 e. The highest BCUT2D eigenvalue weighted by Crippen LogP contribution is 2.20. The van der Waals surface area contributed by atoms with Crippen LogP contribution in [-0.2, 0) is 6.42 Å². The highest BCUT2D eigenvalue weighted by atomic mass is 79.9. The van der Waals surface area contributed by atoms with E-state index in [1.165, 1.54) is 6.07 Å². The monoisotopic (exact) mass is 320 g/mol. The van der Waals surface area contributed by atoms with Crippen LogP contribution in [-0.4, -0.2) is 22.2 Å². The van der Waals surface area contributed by atoms with Gasteiger partial charge in [0.15, 0.2) is 0 Å². The van der Waals surface area contributed by atoms with E-state index in [2.05, 4.69) is 29.8 Å². The number of rotatable bonds is 6. The molecule has 1 nitrogen and oxygen atoms in total. The molecule has 2 atom stereocenters. The summed E-state index contributed by atoms with van der Waals surface area (Å²) in [5.74, 6) is 0.460. The highest BCUT2D eigenvalue weighted by molar-refractivity contribution is 9.10. The van der Waals surface area contributed by atoms with E-state index in [4.69, 9.17) is 0 Å². The molecule has 0 amide bonds. The van der Waals surface area contributed by atoms with Crippen molar-refractivity contribution in [2.75, 3.05) is 5.75 Å². The van der Waals surface area contributed by atoms with Gasteiger partial charge in [-0.1, -0.05) is 19.9 Å². The molecule has 0 aliphatic heterocycles. The van der Waals surface area contributed by atoms with Crippen molar-refractivity contribution in [1.29, 1.82) is 0 Å². The van der Waals surface area contributed by atoms with E-state index in [-0.39, 0.29) is 11.9 Å². The molecule has 0 aromatic heterocycles. The molecule has 4 heteroatoms. The SMILES string of the molecule is CCC(C)SCC(O)Cc1ccc(F)c(Br)c1. The van der Waals surface area contributed by atoms with Gasteiger partial charge in [0.05, 0.1) is 10.6 Å². The van der Waals surface area contributed by atoms with E-state index in [1.54, 1.807) is 23.9 Å². The van der Waals surface area contributed by atoms with Crippen molar-refractivity contribution in [3.8, 4) is 0 Å². The van der Waals surface area contributed by atoms with Gasteiger partial charge in [0.25, 0.3) is 0 Å². The van der Waals surface area contributed by atoms with Crippen molar-refractivity contribution < 1.29 is 9.50 Å². The van der Waals surface area contributed by atoms with Gasteiger partial charge in [-0.25, -0.2) is 4.39 Å². The van der Waals surface area contributed by atoms with E-state index >= 15 is 0 Å². The average molecular weight is 321 g/mol. The maximum atomic E-state index is 13.0. The Balaban J connectivity index is 2.44. The first-order valence-corrected chi connectivity index (χ1v) is 7.60. The van der Waals surface area contributed by atoms with Gasteiger partial charge in [0.2, 0.25) is 0 Å². The summed E-state index contributed by atoms with van der Waals surface area (Å²) in [4.78, 5) is 0. The summed E-state index contributed by atoms with van der Waals surface area (Å²) in [7, 11) is 0. The lowest BCUT2D eigenvalue weighted by molar-refractivity contribution is 0.200. The Morgan fingerprint density at radius 3 is 2.76 bits per heavy atom. The van der Waals surface area contributed by atoms with Gasteiger partial charge in [-0.3, -0.25) is 0 Å². The maximum absolute atomic E-state index is 13.0. The van der Waals surface area contributed by atoms with Crippen LogP contribution < -0.4 is 0 Å². The van der Waals surface area contributed by atoms with Crippen LogP contribution in [0.15, 0.2) is 22.7 Å². The fourth-order valence-corrected chi connectivity index (χ4v) is 2.72. The van der Waals surface area contributed by atoms with E-state index in [0.29, 0.717) is 16.1 Å². The Hall–Kier alpha value is -0.0600. The fraction of sp³-hybridized carbons (Fsp3) is 0.538. The molecular weight excluding hydrogens is 303 g/mol. The van der Waals surface area contributed by atoms with Crippen molar-refractivity contribution >= 4 is 27.7 Å². The smallest absolute Gasteiger partial charge is 0.137 e. The average Bonchev–Trinajstić information content (AvgIpc) is 2.31. The molecule has 0 bridgehead atoms. The third kappa shape index (κ3) is 5.40. The largest absolute Gasteiger partial charge is 0.392 e. The minimum Gasteiger partial charge on any atom is -0.392 e. The predicted octanol–water partition coefficient (Wildman–Crippen LogP) is 4.02. The molecule has 96 valence electrons. The molecule has 1 rings (SSSR count). The molecule has 2 unspecified atom stereocenters. The first-order valence-electron chi connectivity index (χ1n) is 5.76. The molecule has 0 aliphatic rings. The van der Waals surface area contributed by atoms with Gasteiger partial charge in [-0.15, -0.1) is 0 Å². The summed E-state index contributed by atoms with van der Waals surface area (Å²) >= 11 is 4.92. The molecule has 0 aliphatic carbocycles. The zero-order chi connectivity index (χ0) is 12.8. The van der Waals surface area contributed by atoms with E-state index < -0.39 is 0 Å². The summed E-state index contributed by atoms with van der Waals surface area (Å²) < 4.78 is 13.5. The van der Waals surface area contributed by atoms with Crippen molar-refractivity contribution in [2.45, 2.75) is 38.0 Å². The van der Waals surface area contributed by atoms with E-state index in [9.17, 15) is 9.50 Å². The highest BCUT2D eigenvalue weighted by Gasteiger charge is 2.09. The van der Waals surface area contributed by atoms with Gasteiger partial charge >= 0.3 is 0 Å². The molecule has 1 aromatic carbocycles. The molecule has 0 heterocycles. The lowest BCUT2D eigenvalue weighted by Gasteiger charge is -2.13. The predicted molar refractivity (Wildman–Crippen MR) is 76.0 cm³/mol. The van der Waals surface area contributed by atoms with Crippen molar-refractivity contribution in [3.63, 3.8) is 0 Å². The Kier molecular flexibility index (Phi) is 6.52. The van der Waals surface area contributed by atoms with Gasteiger partial charge < -0.3 is 5.11 Å². The molecule has 0 radical (unpaired) electrons. The van der Waals surface area contributed by atoms with Gasteiger partial charge in [-0.2, -0.15) is 11.8 Å². The Morgan fingerprint density at radius 2 is 2.18 bits per heavy atom. The first-order chi connectivity index (χ1) is 8.02. The molecule has 0 saturated heterocycles. The van der Waals surface area contributed by atoms with Crippen LogP contribution in [0.5, 0.6) is 0 Å². The van der Waals surface area contributed by atoms with Gasteiger partial charge in [0, 0.05) is 11.0 Å². The van der Waals surface area contributed by atoms with Crippen LogP contribution in [0.4, 0.5) is 4.39 Å². The number of thioether (sulfide) groups is 1. The normalized spacial score (nSPS) is 14.6. The second kappa shape index (κ2) is 7.39. The molecule has 0 spiro atoms. The van der Waals surface area contributed by atoms with Crippen LogP contribution in [0, 0.1) is 5.82 Å². The van der Waals surface area contributed by atoms with E-state index in [0.717, 1.165) is 17.7 Å². The summed E-state index contributed by atoms with van der Waals surface area (Å²) in [6.07, 6.45) is 1.31. The lowest BCUT2D eigenvalue weighted by Crippen LogP contribution is -2.15. The van der Waals surface area contributed by atoms with Crippen LogP contribution in [0.1, 0.15) is 25.8 Å². The van der Waals surface area contributed by atoms with Gasteiger partial charge in [-0.05, 0) is 46.5 Å². The third-order valence-electron chi connectivity index (χ3n) is 2.60. The Bertz CT molecular complexity index is 359. The fourth-order valence-electron chi connectivity index (χ4n) is 1.39. The topological polar surface area (TPSA) is 20.2 Å². The molecule has 1 aromatic rings. The zero-order valence-electron chi connectivity index (χ0n) is 10.1. The van der Waals surface area contributed by atoms with Crippen molar-refractivity contribution in [1.82, 2.24) is 0 Å². The number of aliphatic hydroxyl groups is 1. The molecule has 17 heavy (non-hydrogen) atoms. The van der Waals surface area contributed by atoms with Crippen molar-refractivity contribution in [2.24, 2.45) is 0 Å². The number of hydrogen-bond acceptors (Lipinski definition) is 2. The third-order valence-corrected chi connectivity index (χ3v) is 4.69. The van der Waals surface area contributed by atoms with Crippen LogP contribution in [0.25, 0.3) is 0 Å². The summed E-state index contributed by atoms with van der Waals surface area (Å²) in [5.41, 5.74) is 0.954. The minimum absolute atomic E-state index is 0.266. The van der Waals surface area contributed by atoms with Crippen LogP contribution in [0.3, 0.4) is 0 Å². The second-order valence-corrected chi connectivity index (χ2v) is 6.48. The lowest BCUT2D eigenvalue weighted by atomic mass is 10.1. The molecular formula is C13H18BrFOS. The number of halogens is 2. The number of benzene rings is 1. The number of hydrogen-bond donors (Lipinski definition) is 1. The summed E-state index contributed by atoms with van der Waals surface area (Å²) in [6.45, 7) is 4.30. The first kappa shape index (κ1) is 15.0. The Morgan fingerprint density at radius 1 is 1.47 bits per heavy atom. The van der Waals surface area contributed by atoms with Crippen LogP contribution in [0.2, 0.25) is 0 Å². The second-order valence-electron chi connectivity index (χ2n) is 4.16. The summed E-state index contributed by atoms with van der Waals surface area (Å²) in [5, 5.41) is 10.5. The standard InChI is InChI=1S/C13H18BrFOS/c1-3-9(2)17-8-11(16)6-10-4-5-13(15)12(14)7-10/h4-5,7,9,11,16H,3,6,8H2,1-2H3. The quantitative estimate of drug-likeness (QED) is 0.854. The Labute approximate surface area is 115 Å². The number of aliphatic hydroxyl groups excluding tert-OH is 1. The molecule has 1 N–H and O–H groups in total. The van der Waals surface area contributed by atoms with Crippen LogP contribution >= 0.6 is 27.7 Å². The van der Waals surface area contributed by atoms with E-state index in [1.807, 2.05) is 0 Å². The summed E-state index contributed by atoms with van der Waals surface area (Å²) in [6, 6.07) is 4.87. The zero-order valence-corrected chi connectivity index (χ0v) is 12.5. The molecule has 0 fully saturated rings. The van der Waals surface area contributed by atoms with Crippen molar-refractivity contribution in [3.05, 3.63) is 34.1 Å². The molecule has 0 saturated carbocycles. The van der Waals surface area contributed by atoms with Gasteiger partial charge in [0.1, 0.15) is 5.82 Å².